The quantitative estimate of drug-likeness (QED) is 0.761. The van der Waals surface area contributed by atoms with E-state index in [1.807, 2.05) is 18.4 Å². The van der Waals surface area contributed by atoms with Crippen LogP contribution in [0.4, 0.5) is 0 Å². The third-order valence-corrected chi connectivity index (χ3v) is 4.72. The molecule has 9 heteroatoms. The van der Waals surface area contributed by atoms with Gasteiger partial charge >= 0.3 is 5.69 Å². The van der Waals surface area contributed by atoms with E-state index in [1.165, 1.54) is 16.0 Å². The Morgan fingerprint density at radius 3 is 3.04 bits per heavy atom. The molecule has 1 saturated heterocycles. The standard InChI is InChI=1S/C14H19N5O3S/c1-2-17(8-11-5-6-22-10-11)12(20)9-18-14(21)19(16-15-18)13-4-3-7-23-13/h3-4,7,11H,2,5-6,8-10H2,1H3/t11-/m0/s1. The van der Waals surface area contributed by atoms with E-state index in [4.69, 9.17) is 4.74 Å². The van der Waals surface area contributed by atoms with Gasteiger partial charge in [0.1, 0.15) is 11.5 Å². The molecule has 2 aromatic heterocycles. The normalized spacial score (nSPS) is 17.5. The number of carbonyl (C=O) groups excluding carboxylic acids is 1. The van der Waals surface area contributed by atoms with Crippen LogP contribution >= 0.6 is 11.3 Å². The van der Waals surface area contributed by atoms with Crippen LogP contribution < -0.4 is 5.69 Å². The lowest BCUT2D eigenvalue weighted by Gasteiger charge is -2.23. The lowest BCUT2D eigenvalue weighted by atomic mass is 10.1. The largest absolute Gasteiger partial charge is 0.381 e. The second-order valence-corrected chi connectivity index (χ2v) is 6.37. The molecule has 1 aliphatic rings. The molecule has 3 rings (SSSR count). The van der Waals surface area contributed by atoms with Crippen LogP contribution in [0.2, 0.25) is 0 Å². The Morgan fingerprint density at radius 1 is 1.52 bits per heavy atom. The van der Waals surface area contributed by atoms with E-state index < -0.39 is 5.69 Å². The summed E-state index contributed by atoms with van der Waals surface area (Å²) >= 11 is 1.39. The highest BCUT2D eigenvalue weighted by Gasteiger charge is 2.22. The highest BCUT2D eigenvalue weighted by molar-refractivity contribution is 7.12. The molecular weight excluding hydrogens is 318 g/mol. The lowest BCUT2D eigenvalue weighted by Crippen LogP contribution is -2.39. The third-order valence-electron chi connectivity index (χ3n) is 3.88. The van der Waals surface area contributed by atoms with Gasteiger partial charge in [0.05, 0.1) is 6.61 Å². The van der Waals surface area contributed by atoms with Crippen LogP contribution in [0.5, 0.6) is 0 Å². The van der Waals surface area contributed by atoms with Crippen molar-refractivity contribution in [2.24, 2.45) is 5.92 Å². The van der Waals surface area contributed by atoms with Crippen molar-refractivity contribution in [1.29, 1.82) is 0 Å². The van der Waals surface area contributed by atoms with E-state index in [9.17, 15) is 9.59 Å². The fourth-order valence-electron chi connectivity index (χ4n) is 2.58. The van der Waals surface area contributed by atoms with Crippen LogP contribution in [0.15, 0.2) is 22.3 Å². The molecule has 0 bridgehead atoms. The Hall–Kier alpha value is -2.00. The predicted octanol–water partition coefficient (Wildman–Crippen LogP) is 0.376. The molecule has 124 valence electrons. The van der Waals surface area contributed by atoms with Gasteiger partial charge in [0.15, 0.2) is 0 Å². The van der Waals surface area contributed by atoms with Gasteiger partial charge in [-0.2, -0.15) is 9.36 Å². The smallest absolute Gasteiger partial charge is 0.369 e. The fraction of sp³-hybridized carbons (Fsp3) is 0.571. The third kappa shape index (κ3) is 3.50. The summed E-state index contributed by atoms with van der Waals surface area (Å²) in [5.41, 5.74) is -0.402. The first-order valence-corrected chi connectivity index (χ1v) is 8.49. The highest BCUT2D eigenvalue weighted by atomic mass is 32.1. The number of amides is 1. The number of rotatable bonds is 6. The number of hydrogen-bond donors (Lipinski definition) is 0. The van der Waals surface area contributed by atoms with Crippen molar-refractivity contribution in [1.82, 2.24) is 24.7 Å². The van der Waals surface area contributed by atoms with E-state index in [1.54, 1.807) is 11.0 Å². The molecule has 1 aliphatic heterocycles. The van der Waals surface area contributed by atoms with Gasteiger partial charge < -0.3 is 9.64 Å². The maximum absolute atomic E-state index is 12.4. The first kappa shape index (κ1) is 15.9. The van der Waals surface area contributed by atoms with Crippen LogP contribution in [0, 0.1) is 5.92 Å². The van der Waals surface area contributed by atoms with Crippen molar-refractivity contribution in [3.63, 3.8) is 0 Å². The maximum atomic E-state index is 12.4. The van der Waals surface area contributed by atoms with Gasteiger partial charge in [-0.25, -0.2) is 4.79 Å². The Balaban J connectivity index is 1.68. The number of ether oxygens (including phenoxy) is 1. The van der Waals surface area contributed by atoms with Crippen LogP contribution in [-0.4, -0.2) is 56.9 Å². The van der Waals surface area contributed by atoms with E-state index in [0.717, 1.165) is 17.7 Å². The molecule has 0 radical (unpaired) electrons. The van der Waals surface area contributed by atoms with Crippen LogP contribution in [0.3, 0.4) is 0 Å². The van der Waals surface area contributed by atoms with Gasteiger partial charge in [0, 0.05) is 25.6 Å². The number of tetrazole rings is 1. The minimum atomic E-state index is -0.402. The van der Waals surface area contributed by atoms with Gasteiger partial charge in [0.2, 0.25) is 5.91 Å². The maximum Gasteiger partial charge on any atom is 0.369 e. The Kier molecular flexibility index (Phi) is 4.87. The SMILES string of the molecule is CCN(C[C@@H]1CCOC1)C(=O)Cn1nnn(-c2cccs2)c1=O. The summed E-state index contributed by atoms with van der Waals surface area (Å²) in [5, 5.41) is 10.2. The van der Waals surface area contributed by atoms with Gasteiger partial charge in [-0.15, -0.1) is 11.3 Å². The van der Waals surface area contributed by atoms with E-state index in [0.29, 0.717) is 30.6 Å². The summed E-state index contributed by atoms with van der Waals surface area (Å²) < 4.78 is 7.66. The minimum absolute atomic E-state index is 0.0916. The van der Waals surface area contributed by atoms with E-state index in [2.05, 4.69) is 10.4 Å². The molecule has 1 amide bonds. The molecule has 1 fully saturated rings. The molecule has 0 saturated carbocycles. The number of aromatic nitrogens is 4. The molecule has 2 aromatic rings. The lowest BCUT2D eigenvalue weighted by molar-refractivity contribution is -0.132. The first-order valence-electron chi connectivity index (χ1n) is 7.61. The molecule has 8 nitrogen and oxygen atoms in total. The van der Waals surface area contributed by atoms with Crippen LogP contribution in [0.1, 0.15) is 13.3 Å². The molecule has 0 aliphatic carbocycles. The monoisotopic (exact) mass is 337 g/mol. The van der Waals surface area contributed by atoms with Crippen LogP contribution in [-0.2, 0) is 16.1 Å². The van der Waals surface area contributed by atoms with Crippen molar-refractivity contribution >= 4 is 17.2 Å². The summed E-state index contributed by atoms with van der Waals surface area (Å²) in [6.45, 7) is 4.54. The highest BCUT2D eigenvalue weighted by Crippen LogP contribution is 2.14. The number of thiophene rings is 1. The molecule has 0 N–H and O–H groups in total. The molecular formula is C14H19N5O3S. The van der Waals surface area contributed by atoms with E-state index in [-0.39, 0.29) is 12.5 Å². The zero-order valence-corrected chi connectivity index (χ0v) is 13.7. The minimum Gasteiger partial charge on any atom is -0.381 e. The topological polar surface area (TPSA) is 82.2 Å². The zero-order chi connectivity index (χ0) is 16.2. The Bertz CT molecular complexity index is 702. The van der Waals surface area contributed by atoms with Crippen molar-refractivity contribution in [2.45, 2.75) is 19.9 Å². The second-order valence-electron chi connectivity index (χ2n) is 5.44. The number of carbonyl (C=O) groups is 1. The zero-order valence-electron chi connectivity index (χ0n) is 12.9. The van der Waals surface area contributed by atoms with Gasteiger partial charge in [-0.05, 0) is 41.3 Å². The summed E-state index contributed by atoms with van der Waals surface area (Å²) in [4.78, 5) is 26.5. The molecule has 0 unspecified atom stereocenters. The number of likely N-dealkylation sites (N-methyl/N-ethyl adjacent to an activating group) is 1. The summed E-state index contributed by atoms with van der Waals surface area (Å²) in [7, 11) is 0. The van der Waals surface area contributed by atoms with Gasteiger partial charge in [0.25, 0.3) is 0 Å². The summed E-state index contributed by atoms with van der Waals surface area (Å²) in [5.74, 6) is 0.247. The van der Waals surface area contributed by atoms with Crippen molar-refractivity contribution in [2.75, 3.05) is 26.3 Å². The van der Waals surface area contributed by atoms with Gasteiger partial charge in [-0.3, -0.25) is 4.79 Å². The van der Waals surface area contributed by atoms with E-state index >= 15 is 0 Å². The predicted molar refractivity (Wildman–Crippen MR) is 84.7 cm³/mol. The summed E-state index contributed by atoms with van der Waals surface area (Å²) in [6, 6.07) is 3.62. The van der Waals surface area contributed by atoms with Gasteiger partial charge in [-0.1, -0.05) is 0 Å². The number of hydrogen-bond acceptors (Lipinski definition) is 6. The molecule has 0 aromatic carbocycles. The average Bonchev–Trinajstić information content (AvgIpc) is 3.28. The Labute approximate surface area is 137 Å². The molecule has 23 heavy (non-hydrogen) atoms. The van der Waals surface area contributed by atoms with Crippen LogP contribution in [0.25, 0.3) is 5.00 Å². The first-order chi connectivity index (χ1) is 11.2. The second kappa shape index (κ2) is 7.05. The molecule has 3 heterocycles. The molecule has 1 atom stereocenters. The average molecular weight is 337 g/mol. The molecule has 0 spiro atoms. The summed E-state index contributed by atoms with van der Waals surface area (Å²) in [6.07, 6.45) is 0.971. The number of nitrogens with zero attached hydrogens (tertiary/aromatic N) is 5. The fourth-order valence-corrected chi connectivity index (χ4v) is 3.24. The Morgan fingerprint density at radius 2 is 2.39 bits per heavy atom. The van der Waals surface area contributed by atoms with Crippen molar-refractivity contribution < 1.29 is 9.53 Å². The van der Waals surface area contributed by atoms with Crippen molar-refractivity contribution in [3.8, 4) is 5.00 Å². The van der Waals surface area contributed by atoms with Crippen molar-refractivity contribution in [3.05, 3.63) is 28.0 Å².